The zero-order valence-corrected chi connectivity index (χ0v) is 16.8. The van der Waals surface area contributed by atoms with Crippen molar-refractivity contribution in [3.05, 3.63) is 95.5 Å². The maximum Gasteiger partial charge on any atom is 0.244 e. The second-order valence-electron chi connectivity index (χ2n) is 7.01. The molecular weight excluding hydrogens is 381 g/mol. The molecule has 0 fully saturated rings. The summed E-state index contributed by atoms with van der Waals surface area (Å²) >= 11 is 0. The number of hydrogen-bond acceptors (Lipinski definition) is 3. The molecule has 0 bridgehead atoms. The Morgan fingerprint density at radius 1 is 1.27 bits per heavy atom. The van der Waals surface area contributed by atoms with Crippen molar-refractivity contribution >= 4 is 23.0 Å². The number of imidazole rings is 1. The lowest BCUT2D eigenvalue weighted by Crippen LogP contribution is -2.29. The van der Waals surface area contributed by atoms with Crippen LogP contribution < -0.4 is 5.32 Å². The van der Waals surface area contributed by atoms with Crippen LogP contribution >= 0.6 is 0 Å². The highest BCUT2D eigenvalue weighted by Gasteiger charge is 2.20. The second-order valence-corrected chi connectivity index (χ2v) is 7.01. The molecule has 152 valence electrons. The highest BCUT2D eigenvalue weighted by molar-refractivity contribution is 5.96. The van der Waals surface area contributed by atoms with Gasteiger partial charge in [0.15, 0.2) is 0 Å². The van der Waals surface area contributed by atoms with Crippen LogP contribution in [0.5, 0.6) is 0 Å². The van der Waals surface area contributed by atoms with Crippen molar-refractivity contribution in [1.82, 2.24) is 14.9 Å². The van der Waals surface area contributed by atoms with Gasteiger partial charge in [-0.15, -0.1) is 0 Å². The Morgan fingerprint density at radius 3 is 2.83 bits per heavy atom. The fourth-order valence-electron chi connectivity index (χ4n) is 3.55. The van der Waals surface area contributed by atoms with Gasteiger partial charge in [-0.1, -0.05) is 37.3 Å². The summed E-state index contributed by atoms with van der Waals surface area (Å²) in [4.78, 5) is 17.1. The van der Waals surface area contributed by atoms with E-state index in [-0.39, 0.29) is 11.7 Å². The molecule has 1 amide bonds. The van der Waals surface area contributed by atoms with Gasteiger partial charge in [0.1, 0.15) is 29.0 Å². The van der Waals surface area contributed by atoms with E-state index < -0.39 is 6.04 Å². The van der Waals surface area contributed by atoms with Crippen molar-refractivity contribution in [1.29, 1.82) is 0 Å². The number of hydrogen-bond donors (Lipinski definition) is 1. The molecule has 5 nitrogen and oxygen atoms in total. The van der Waals surface area contributed by atoms with Crippen LogP contribution in [0.25, 0.3) is 17.0 Å². The molecule has 2 aromatic carbocycles. The molecule has 0 aliphatic carbocycles. The number of fused-ring (bicyclic) bond motifs is 1. The molecule has 0 aliphatic rings. The third kappa shape index (κ3) is 3.89. The highest BCUT2D eigenvalue weighted by atomic mass is 19.1. The molecule has 0 saturated carbocycles. The molecule has 6 heteroatoms. The largest absolute Gasteiger partial charge is 0.460 e. The smallest absolute Gasteiger partial charge is 0.244 e. The molecular formula is C24H22FN3O2. The van der Waals surface area contributed by atoms with Gasteiger partial charge in [-0.2, -0.15) is 0 Å². The lowest BCUT2D eigenvalue weighted by Gasteiger charge is -2.18. The van der Waals surface area contributed by atoms with E-state index in [1.807, 2.05) is 38.2 Å². The first-order chi connectivity index (χ1) is 14.6. The minimum Gasteiger partial charge on any atom is -0.460 e. The third-order valence-electron chi connectivity index (χ3n) is 5.02. The van der Waals surface area contributed by atoms with Crippen LogP contribution in [0.3, 0.4) is 0 Å². The fourth-order valence-corrected chi connectivity index (χ4v) is 3.55. The van der Waals surface area contributed by atoms with E-state index in [0.717, 1.165) is 28.7 Å². The van der Waals surface area contributed by atoms with Crippen LogP contribution in [0.2, 0.25) is 0 Å². The zero-order chi connectivity index (χ0) is 21.1. The lowest BCUT2D eigenvalue weighted by molar-refractivity contribution is -0.117. The molecule has 0 radical (unpaired) electrons. The maximum atomic E-state index is 13.8. The van der Waals surface area contributed by atoms with E-state index in [2.05, 4.69) is 10.3 Å². The van der Waals surface area contributed by atoms with Gasteiger partial charge < -0.3 is 14.3 Å². The molecule has 2 aromatic heterocycles. The Labute approximate surface area is 173 Å². The van der Waals surface area contributed by atoms with E-state index >= 15 is 0 Å². The molecule has 0 aliphatic heterocycles. The second kappa shape index (κ2) is 8.37. The summed E-state index contributed by atoms with van der Waals surface area (Å²) in [5.41, 5.74) is 2.30. The number of amides is 1. The van der Waals surface area contributed by atoms with Crippen LogP contribution in [0.1, 0.15) is 35.7 Å². The summed E-state index contributed by atoms with van der Waals surface area (Å²) in [5, 5.41) is 3.91. The molecule has 0 saturated heterocycles. The molecule has 4 aromatic rings. The van der Waals surface area contributed by atoms with E-state index in [1.54, 1.807) is 35.2 Å². The summed E-state index contributed by atoms with van der Waals surface area (Å²) in [6.07, 6.45) is 7.39. The number of para-hydroxylation sites is 1. The summed E-state index contributed by atoms with van der Waals surface area (Å²) < 4.78 is 21.5. The number of nitrogens with one attached hydrogen (secondary N) is 1. The lowest BCUT2D eigenvalue weighted by atomic mass is 10.1. The van der Waals surface area contributed by atoms with Gasteiger partial charge in [0.05, 0.1) is 0 Å². The highest BCUT2D eigenvalue weighted by Crippen LogP contribution is 2.27. The normalized spacial score (nSPS) is 12.5. The predicted molar refractivity (Wildman–Crippen MR) is 114 cm³/mol. The number of furan rings is 1. The Bertz CT molecular complexity index is 1220. The van der Waals surface area contributed by atoms with Crippen LogP contribution in [-0.4, -0.2) is 15.5 Å². The first kappa shape index (κ1) is 19.6. The average molecular weight is 403 g/mol. The third-order valence-corrected chi connectivity index (χ3v) is 5.02. The van der Waals surface area contributed by atoms with Crippen molar-refractivity contribution in [3.63, 3.8) is 0 Å². The van der Waals surface area contributed by atoms with Crippen molar-refractivity contribution < 1.29 is 13.6 Å². The van der Waals surface area contributed by atoms with E-state index in [1.165, 1.54) is 18.2 Å². The summed E-state index contributed by atoms with van der Waals surface area (Å²) in [6.45, 7) is 2.01. The number of carbonyl (C=O) groups is 1. The molecule has 1 unspecified atom stereocenters. The summed E-state index contributed by atoms with van der Waals surface area (Å²) in [6, 6.07) is 13.3. The van der Waals surface area contributed by atoms with Crippen LogP contribution in [0, 0.1) is 5.82 Å². The average Bonchev–Trinajstić information content (AvgIpc) is 3.33. The summed E-state index contributed by atoms with van der Waals surface area (Å²) in [7, 11) is 1.84. The van der Waals surface area contributed by atoms with E-state index in [4.69, 9.17) is 4.42 Å². The van der Waals surface area contributed by atoms with Gasteiger partial charge in [0, 0.05) is 42.9 Å². The van der Waals surface area contributed by atoms with Crippen molar-refractivity contribution in [2.24, 2.45) is 7.05 Å². The van der Waals surface area contributed by atoms with Crippen LogP contribution in [0.4, 0.5) is 4.39 Å². The van der Waals surface area contributed by atoms with Gasteiger partial charge in [0.25, 0.3) is 0 Å². The SMILES string of the molecule is CCc1oc2ccccc2c1/C=C/C(=O)NC(c1cccc(F)c1)c1nccn1C. The number of benzene rings is 2. The number of aryl methyl sites for hydroxylation is 2. The van der Waals surface area contributed by atoms with E-state index in [0.29, 0.717) is 11.4 Å². The molecule has 2 heterocycles. The van der Waals surface area contributed by atoms with Crippen LogP contribution in [0.15, 0.2) is 71.4 Å². The Balaban J connectivity index is 1.63. The number of carbonyl (C=O) groups excluding carboxylic acids is 1. The fraction of sp³-hybridized carbons (Fsp3) is 0.167. The van der Waals surface area contributed by atoms with Gasteiger partial charge in [-0.25, -0.2) is 9.37 Å². The molecule has 30 heavy (non-hydrogen) atoms. The van der Waals surface area contributed by atoms with Gasteiger partial charge in [0.2, 0.25) is 5.91 Å². The van der Waals surface area contributed by atoms with Crippen molar-refractivity contribution in [2.75, 3.05) is 0 Å². The first-order valence-electron chi connectivity index (χ1n) is 9.78. The molecule has 0 spiro atoms. The monoisotopic (exact) mass is 403 g/mol. The van der Waals surface area contributed by atoms with Crippen LogP contribution in [-0.2, 0) is 18.3 Å². The molecule has 4 rings (SSSR count). The maximum absolute atomic E-state index is 13.8. The van der Waals surface area contributed by atoms with Crippen molar-refractivity contribution in [3.8, 4) is 0 Å². The number of aromatic nitrogens is 2. The van der Waals surface area contributed by atoms with Crippen molar-refractivity contribution in [2.45, 2.75) is 19.4 Å². The van der Waals surface area contributed by atoms with Gasteiger partial charge >= 0.3 is 0 Å². The topological polar surface area (TPSA) is 60.1 Å². The first-order valence-corrected chi connectivity index (χ1v) is 9.78. The summed E-state index contributed by atoms with van der Waals surface area (Å²) in [5.74, 6) is 0.768. The number of rotatable bonds is 6. The minimum atomic E-state index is -0.579. The Morgan fingerprint density at radius 2 is 2.10 bits per heavy atom. The van der Waals surface area contributed by atoms with Gasteiger partial charge in [-0.3, -0.25) is 4.79 Å². The predicted octanol–water partition coefficient (Wildman–Crippen LogP) is 4.79. The minimum absolute atomic E-state index is 0.306. The zero-order valence-electron chi connectivity index (χ0n) is 16.8. The molecule has 1 atom stereocenters. The quantitative estimate of drug-likeness (QED) is 0.471. The Hall–Kier alpha value is -3.67. The molecule has 1 N–H and O–H groups in total. The number of nitrogens with zero attached hydrogens (tertiary/aromatic N) is 2. The Kier molecular flexibility index (Phi) is 5.48. The standard InChI is InChI=1S/C24H22FN3O2/c1-3-20-19(18-9-4-5-10-21(18)30-20)11-12-22(29)27-23(24-26-13-14-28(24)2)16-7-6-8-17(25)15-16/h4-15,23H,3H2,1-2H3,(H,27,29)/b12-11+. The van der Waals surface area contributed by atoms with Gasteiger partial charge in [-0.05, 0) is 29.8 Å². The number of halogens is 1. The van der Waals surface area contributed by atoms with E-state index in [9.17, 15) is 9.18 Å².